The highest BCUT2D eigenvalue weighted by molar-refractivity contribution is 7.89. The van der Waals surface area contributed by atoms with Gasteiger partial charge in [-0.2, -0.15) is 4.31 Å². The van der Waals surface area contributed by atoms with Crippen molar-refractivity contribution in [3.05, 3.63) is 0 Å². The Hall–Kier alpha value is -0.170. The van der Waals surface area contributed by atoms with E-state index in [2.05, 4.69) is 0 Å². The van der Waals surface area contributed by atoms with Crippen LogP contribution in [0, 0.1) is 0 Å². The second-order valence-corrected chi connectivity index (χ2v) is 6.73. The molecular weight excluding hydrogens is 240 g/mol. The Morgan fingerprint density at radius 3 is 2.65 bits per heavy atom. The molecule has 0 aromatic heterocycles. The minimum absolute atomic E-state index is 0.0204. The second-order valence-electron chi connectivity index (χ2n) is 4.76. The normalized spacial score (nSPS) is 21.6. The molecule has 1 unspecified atom stereocenters. The molecule has 0 saturated carbocycles. The molecule has 1 atom stereocenters. The van der Waals surface area contributed by atoms with Crippen molar-refractivity contribution in [1.29, 1.82) is 0 Å². The van der Waals surface area contributed by atoms with Crippen LogP contribution >= 0.6 is 0 Å². The van der Waals surface area contributed by atoms with Crippen LogP contribution in [0.15, 0.2) is 0 Å². The molecule has 6 heteroatoms. The van der Waals surface area contributed by atoms with Gasteiger partial charge in [-0.15, -0.1) is 0 Å². The first kappa shape index (κ1) is 14.9. The predicted molar refractivity (Wildman–Crippen MR) is 68.3 cm³/mol. The summed E-state index contributed by atoms with van der Waals surface area (Å²) in [7, 11) is -3.22. The van der Waals surface area contributed by atoms with E-state index >= 15 is 0 Å². The zero-order valence-electron chi connectivity index (χ0n) is 10.8. The monoisotopic (exact) mass is 264 g/mol. The van der Waals surface area contributed by atoms with Gasteiger partial charge in [0.25, 0.3) is 0 Å². The van der Waals surface area contributed by atoms with Gasteiger partial charge in [0.2, 0.25) is 10.0 Å². The molecule has 1 saturated heterocycles. The molecule has 0 amide bonds. The summed E-state index contributed by atoms with van der Waals surface area (Å²) in [5, 5.41) is 0. The number of nitrogens with two attached hydrogens (primary N) is 1. The SMILES string of the molecule is CC(C)N(CCCN)S(=O)(=O)CC1CCCO1. The molecule has 17 heavy (non-hydrogen) atoms. The van der Waals surface area contributed by atoms with Crippen molar-refractivity contribution in [1.82, 2.24) is 4.31 Å². The molecule has 1 aliphatic heterocycles. The zero-order chi connectivity index (χ0) is 12.9. The quantitative estimate of drug-likeness (QED) is 0.729. The van der Waals surface area contributed by atoms with Gasteiger partial charge in [-0.1, -0.05) is 0 Å². The van der Waals surface area contributed by atoms with Crippen molar-refractivity contribution in [2.45, 2.75) is 45.3 Å². The third-order valence-electron chi connectivity index (χ3n) is 2.94. The Balaban J connectivity index is 2.62. The van der Waals surface area contributed by atoms with Crippen LogP contribution in [0.3, 0.4) is 0 Å². The van der Waals surface area contributed by atoms with E-state index in [1.165, 1.54) is 0 Å². The van der Waals surface area contributed by atoms with Crippen LogP contribution in [0.5, 0.6) is 0 Å². The predicted octanol–water partition coefficient (Wildman–Crippen LogP) is 0.554. The zero-order valence-corrected chi connectivity index (χ0v) is 11.6. The van der Waals surface area contributed by atoms with Gasteiger partial charge in [-0.3, -0.25) is 0 Å². The first-order valence-electron chi connectivity index (χ1n) is 6.28. The van der Waals surface area contributed by atoms with Crippen LogP contribution in [0.4, 0.5) is 0 Å². The van der Waals surface area contributed by atoms with E-state index in [0.29, 0.717) is 26.1 Å². The summed E-state index contributed by atoms with van der Waals surface area (Å²) in [5.41, 5.74) is 5.44. The Kier molecular flexibility index (Phi) is 5.85. The number of nitrogens with zero attached hydrogens (tertiary/aromatic N) is 1. The molecule has 0 aliphatic carbocycles. The van der Waals surface area contributed by atoms with Crippen molar-refractivity contribution in [3.8, 4) is 0 Å². The first-order chi connectivity index (χ1) is 7.97. The summed E-state index contributed by atoms with van der Waals surface area (Å²) >= 11 is 0. The van der Waals surface area contributed by atoms with Crippen molar-refractivity contribution >= 4 is 10.0 Å². The lowest BCUT2D eigenvalue weighted by Crippen LogP contribution is -2.42. The highest BCUT2D eigenvalue weighted by atomic mass is 32.2. The molecule has 1 heterocycles. The molecule has 0 spiro atoms. The molecule has 0 aromatic rings. The fourth-order valence-corrected chi connectivity index (χ4v) is 4.05. The lowest BCUT2D eigenvalue weighted by Gasteiger charge is -2.26. The van der Waals surface area contributed by atoms with Crippen molar-refractivity contribution in [2.24, 2.45) is 5.73 Å². The van der Waals surface area contributed by atoms with Crippen molar-refractivity contribution < 1.29 is 13.2 Å². The van der Waals surface area contributed by atoms with Crippen LogP contribution < -0.4 is 5.73 Å². The van der Waals surface area contributed by atoms with Crippen LogP contribution in [-0.4, -0.2) is 50.3 Å². The van der Waals surface area contributed by atoms with Crippen LogP contribution in [0.2, 0.25) is 0 Å². The number of hydrogen-bond donors (Lipinski definition) is 1. The van der Waals surface area contributed by atoms with E-state index in [0.717, 1.165) is 12.8 Å². The van der Waals surface area contributed by atoms with Gasteiger partial charge >= 0.3 is 0 Å². The van der Waals surface area contributed by atoms with Crippen LogP contribution in [0.1, 0.15) is 33.1 Å². The fourth-order valence-electron chi connectivity index (χ4n) is 2.07. The van der Waals surface area contributed by atoms with Gasteiger partial charge < -0.3 is 10.5 Å². The van der Waals surface area contributed by atoms with E-state index < -0.39 is 10.0 Å². The number of hydrogen-bond acceptors (Lipinski definition) is 4. The maximum absolute atomic E-state index is 12.2. The first-order valence-corrected chi connectivity index (χ1v) is 7.89. The van der Waals surface area contributed by atoms with Crippen molar-refractivity contribution in [2.75, 3.05) is 25.4 Å². The third kappa shape index (κ3) is 4.54. The van der Waals surface area contributed by atoms with E-state index in [1.54, 1.807) is 4.31 Å². The Morgan fingerprint density at radius 1 is 1.47 bits per heavy atom. The molecule has 102 valence electrons. The topological polar surface area (TPSA) is 72.6 Å². The van der Waals surface area contributed by atoms with Crippen LogP contribution in [-0.2, 0) is 14.8 Å². The number of rotatable bonds is 7. The van der Waals surface area contributed by atoms with E-state index in [-0.39, 0.29) is 17.9 Å². The smallest absolute Gasteiger partial charge is 0.216 e. The molecule has 0 bridgehead atoms. The van der Waals surface area contributed by atoms with Gasteiger partial charge in [0.05, 0.1) is 11.9 Å². The summed E-state index contributed by atoms with van der Waals surface area (Å²) in [6, 6.07) is -0.0204. The van der Waals surface area contributed by atoms with Gasteiger partial charge in [0.1, 0.15) is 0 Å². The Morgan fingerprint density at radius 2 is 2.18 bits per heavy atom. The van der Waals surface area contributed by atoms with Gasteiger partial charge in [0, 0.05) is 19.2 Å². The van der Waals surface area contributed by atoms with Gasteiger partial charge in [-0.25, -0.2) is 8.42 Å². The molecule has 1 fully saturated rings. The summed E-state index contributed by atoms with van der Waals surface area (Å²) in [4.78, 5) is 0. The molecule has 1 aliphatic rings. The highest BCUT2D eigenvalue weighted by Crippen LogP contribution is 2.17. The highest BCUT2D eigenvalue weighted by Gasteiger charge is 2.29. The average Bonchev–Trinajstić information content (AvgIpc) is 2.69. The van der Waals surface area contributed by atoms with E-state index in [1.807, 2.05) is 13.8 Å². The van der Waals surface area contributed by atoms with Gasteiger partial charge in [0.15, 0.2) is 0 Å². The Bertz CT molecular complexity index is 311. The summed E-state index contributed by atoms with van der Waals surface area (Å²) in [6.45, 7) is 5.49. The molecule has 0 radical (unpaired) electrons. The average molecular weight is 264 g/mol. The van der Waals surface area contributed by atoms with E-state index in [4.69, 9.17) is 10.5 Å². The maximum atomic E-state index is 12.2. The standard InChI is InChI=1S/C11H24N2O3S/c1-10(2)13(7-4-6-12)17(14,15)9-11-5-3-8-16-11/h10-11H,3-9,12H2,1-2H3. The number of ether oxygens (including phenoxy) is 1. The minimum atomic E-state index is -3.22. The minimum Gasteiger partial charge on any atom is -0.377 e. The molecule has 2 N–H and O–H groups in total. The summed E-state index contributed by atoms with van der Waals surface area (Å²) < 4.78 is 31.4. The second kappa shape index (κ2) is 6.68. The lowest BCUT2D eigenvalue weighted by atomic mass is 10.3. The summed E-state index contributed by atoms with van der Waals surface area (Å²) in [5.74, 6) is 0.107. The van der Waals surface area contributed by atoms with Gasteiger partial charge in [-0.05, 0) is 39.7 Å². The van der Waals surface area contributed by atoms with Crippen molar-refractivity contribution in [3.63, 3.8) is 0 Å². The fraction of sp³-hybridized carbons (Fsp3) is 1.00. The van der Waals surface area contributed by atoms with E-state index in [9.17, 15) is 8.42 Å². The number of sulfonamides is 1. The molecule has 1 rings (SSSR count). The lowest BCUT2D eigenvalue weighted by molar-refractivity contribution is 0.126. The largest absolute Gasteiger partial charge is 0.377 e. The Labute approximate surface area is 104 Å². The molecule has 0 aromatic carbocycles. The maximum Gasteiger partial charge on any atom is 0.216 e. The van der Waals surface area contributed by atoms with Crippen LogP contribution in [0.25, 0.3) is 0 Å². The molecule has 5 nitrogen and oxygen atoms in total. The third-order valence-corrected chi connectivity index (χ3v) is 5.05. The summed E-state index contributed by atoms with van der Waals surface area (Å²) in [6.07, 6.45) is 2.38. The molecular formula is C11H24N2O3S.